The van der Waals surface area contributed by atoms with Crippen molar-refractivity contribution >= 4 is 40.0 Å². The number of anilines is 4. The topological polar surface area (TPSA) is 91.5 Å². The van der Waals surface area contributed by atoms with E-state index in [1.807, 2.05) is 13.1 Å². The number of rotatable bonds is 5. The zero-order valence-electron chi connectivity index (χ0n) is 17.5. The molecule has 0 amide bonds. The number of nitrogens with zero attached hydrogens (tertiary/aromatic N) is 4. The Morgan fingerprint density at radius 1 is 1.19 bits per heavy atom. The van der Waals surface area contributed by atoms with Gasteiger partial charge in [0.1, 0.15) is 23.8 Å². The molecule has 4 N–H and O–H groups in total. The summed E-state index contributed by atoms with van der Waals surface area (Å²) in [6, 6.07) is 6.62. The molecule has 1 fully saturated rings. The van der Waals surface area contributed by atoms with Gasteiger partial charge in [0.05, 0.1) is 16.6 Å². The maximum atomic E-state index is 15.2. The van der Waals surface area contributed by atoms with E-state index in [4.69, 9.17) is 5.73 Å². The summed E-state index contributed by atoms with van der Waals surface area (Å²) < 4.78 is 29.4. The molecule has 0 aliphatic carbocycles. The number of nitrogen functional groups attached to an aromatic ring is 1. The van der Waals surface area contributed by atoms with Crippen LogP contribution in [-0.4, -0.2) is 49.4 Å². The van der Waals surface area contributed by atoms with Crippen LogP contribution in [0.3, 0.4) is 0 Å². The highest BCUT2D eigenvalue weighted by atomic mass is 19.1. The van der Waals surface area contributed by atoms with Crippen molar-refractivity contribution in [3.63, 3.8) is 0 Å². The molecule has 0 bridgehead atoms. The van der Waals surface area contributed by atoms with Crippen LogP contribution in [-0.2, 0) is 0 Å². The van der Waals surface area contributed by atoms with E-state index in [9.17, 15) is 4.39 Å². The summed E-state index contributed by atoms with van der Waals surface area (Å²) in [5, 5.41) is 6.54. The second-order valence-electron chi connectivity index (χ2n) is 7.59. The summed E-state index contributed by atoms with van der Waals surface area (Å²) in [4.78, 5) is 14.5. The van der Waals surface area contributed by atoms with Gasteiger partial charge in [-0.1, -0.05) is 0 Å². The van der Waals surface area contributed by atoms with Crippen LogP contribution in [0.2, 0.25) is 0 Å². The Hall–Kier alpha value is -3.33. The lowest BCUT2D eigenvalue weighted by Gasteiger charge is -2.34. The van der Waals surface area contributed by atoms with Gasteiger partial charge in [0, 0.05) is 49.3 Å². The van der Waals surface area contributed by atoms with Crippen LogP contribution in [0.15, 0.2) is 35.6 Å². The van der Waals surface area contributed by atoms with Crippen molar-refractivity contribution in [2.45, 2.75) is 18.9 Å². The smallest absolute Gasteiger partial charge is 0.148 e. The molecule has 1 aliphatic heterocycles. The molecule has 0 spiro atoms. The quantitative estimate of drug-likeness (QED) is 0.428. The van der Waals surface area contributed by atoms with E-state index in [0.29, 0.717) is 22.8 Å². The van der Waals surface area contributed by atoms with E-state index >= 15 is 4.39 Å². The van der Waals surface area contributed by atoms with Crippen LogP contribution >= 0.6 is 0 Å². The minimum Gasteiger partial charge on any atom is -0.396 e. The largest absolute Gasteiger partial charge is 0.396 e. The number of halogens is 2. The van der Waals surface area contributed by atoms with Crippen LogP contribution in [0.1, 0.15) is 18.4 Å². The molecule has 2 aromatic carbocycles. The first-order valence-corrected chi connectivity index (χ1v) is 10.1. The number of fused-ring (bicyclic) bond motifs is 1. The molecule has 3 aromatic rings. The van der Waals surface area contributed by atoms with Crippen molar-refractivity contribution in [3.8, 4) is 0 Å². The van der Waals surface area contributed by atoms with Gasteiger partial charge in [-0.3, -0.25) is 4.99 Å². The standard InChI is InChI=1S/C22H25F2N7/c1-26-10-13-6-15(7-18(24)21(13)25)30-22-20-17(23)8-16(9-19(20)28-12-29-22)31-5-3-4-14(11-31)27-2/h6-10,12,14,27H,3-5,11,25H2,1-2H3,(H,28,29,30). The summed E-state index contributed by atoms with van der Waals surface area (Å²) >= 11 is 0. The molecule has 7 nitrogen and oxygen atoms in total. The van der Waals surface area contributed by atoms with E-state index < -0.39 is 11.6 Å². The van der Waals surface area contributed by atoms with Gasteiger partial charge in [0.15, 0.2) is 0 Å². The molecule has 162 valence electrons. The Morgan fingerprint density at radius 2 is 2.03 bits per heavy atom. The average molecular weight is 425 g/mol. The predicted molar refractivity (Wildman–Crippen MR) is 121 cm³/mol. The van der Waals surface area contributed by atoms with Gasteiger partial charge in [-0.25, -0.2) is 18.7 Å². The van der Waals surface area contributed by atoms with Crippen LogP contribution in [0.5, 0.6) is 0 Å². The van der Waals surface area contributed by atoms with Crippen LogP contribution in [0, 0.1) is 11.6 Å². The van der Waals surface area contributed by atoms with Gasteiger partial charge in [-0.15, -0.1) is 0 Å². The fourth-order valence-corrected chi connectivity index (χ4v) is 3.95. The summed E-state index contributed by atoms with van der Waals surface area (Å²) in [6.45, 7) is 1.68. The van der Waals surface area contributed by atoms with Crippen molar-refractivity contribution < 1.29 is 8.78 Å². The molecule has 0 radical (unpaired) electrons. The van der Waals surface area contributed by atoms with Gasteiger partial charge >= 0.3 is 0 Å². The zero-order chi connectivity index (χ0) is 22.0. The summed E-state index contributed by atoms with van der Waals surface area (Å²) in [5.41, 5.74) is 7.84. The molecule has 1 saturated heterocycles. The second kappa shape index (κ2) is 8.81. The normalized spacial score (nSPS) is 16.9. The van der Waals surface area contributed by atoms with Gasteiger partial charge in [-0.2, -0.15) is 0 Å². The van der Waals surface area contributed by atoms with Crippen LogP contribution in [0.25, 0.3) is 10.9 Å². The molecule has 1 unspecified atom stereocenters. The number of piperidine rings is 1. The maximum absolute atomic E-state index is 15.2. The number of likely N-dealkylation sites (N-methyl/N-ethyl adjacent to an activating group) is 1. The molecule has 4 rings (SSSR count). The molecule has 9 heteroatoms. The Labute approximate surface area is 179 Å². The molecule has 1 aromatic heterocycles. The first-order chi connectivity index (χ1) is 15.0. The third-order valence-electron chi connectivity index (χ3n) is 5.56. The SMILES string of the molecule is CN=Cc1cc(Nc2ncnc3cc(N4CCCC(NC)C4)cc(F)c23)cc(F)c1N. The number of nitrogens with one attached hydrogen (secondary N) is 2. The Balaban J connectivity index is 1.70. The van der Waals surface area contributed by atoms with Crippen molar-refractivity contribution in [2.75, 3.05) is 43.1 Å². The van der Waals surface area contributed by atoms with Crippen LogP contribution in [0.4, 0.5) is 31.7 Å². The number of aliphatic imine (C=N–C) groups is 1. The third-order valence-corrected chi connectivity index (χ3v) is 5.56. The van der Waals surface area contributed by atoms with Crippen molar-refractivity contribution in [1.82, 2.24) is 15.3 Å². The molecule has 31 heavy (non-hydrogen) atoms. The molecule has 0 saturated carbocycles. The van der Waals surface area contributed by atoms with Gasteiger partial charge < -0.3 is 21.3 Å². The minimum absolute atomic E-state index is 0.000854. The number of aromatic nitrogens is 2. The van der Waals surface area contributed by atoms with Gasteiger partial charge in [-0.05, 0) is 44.2 Å². The number of hydrogen-bond donors (Lipinski definition) is 3. The second-order valence-corrected chi connectivity index (χ2v) is 7.59. The third kappa shape index (κ3) is 4.27. The molecule has 2 heterocycles. The van der Waals surface area contributed by atoms with Crippen LogP contribution < -0.4 is 21.3 Å². The molecular weight excluding hydrogens is 400 g/mol. The van der Waals surface area contributed by atoms with Crippen molar-refractivity contribution in [2.24, 2.45) is 4.99 Å². The first kappa shape index (κ1) is 20.9. The summed E-state index contributed by atoms with van der Waals surface area (Å²) in [5.74, 6) is -0.775. The lowest BCUT2D eigenvalue weighted by atomic mass is 10.0. The first-order valence-electron chi connectivity index (χ1n) is 10.1. The molecule has 1 atom stereocenters. The average Bonchev–Trinajstić information content (AvgIpc) is 2.77. The fourth-order valence-electron chi connectivity index (χ4n) is 3.95. The van der Waals surface area contributed by atoms with E-state index in [-0.39, 0.29) is 16.9 Å². The maximum Gasteiger partial charge on any atom is 0.148 e. The number of hydrogen-bond acceptors (Lipinski definition) is 7. The minimum atomic E-state index is -0.592. The van der Waals surface area contributed by atoms with E-state index in [1.54, 1.807) is 13.1 Å². The fraction of sp³-hybridized carbons (Fsp3) is 0.318. The monoisotopic (exact) mass is 425 g/mol. The molecular formula is C22H25F2N7. The highest BCUT2D eigenvalue weighted by Gasteiger charge is 2.21. The number of nitrogens with two attached hydrogens (primary N) is 1. The van der Waals surface area contributed by atoms with Crippen molar-refractivity contribution in [1.29, 1.82) is 0 Å². The summed E-state index contributed by atoms with van der Waals surface area (Å²) in [6.07, 6.45) is 4.96. The zero-order valence-corrected chi connectivity index (χ0v) is 17.5. The van der Waals surface area contributed by atoms with E-state index in [2.05, 4.69) is 30.5 Å². The Bertz CT molecular complexity index is 1130. The molecule has 1 aliphatic rings. The summed E-state index contributed by atoms with van der Waals surface area (Å²) in [7, 11) is 3.52. The lowest BCUT2D eigenvalue weighted by Crippen LogP contribution is -2.44. The van der Waals surface area contributed by atoms with Gasteiger partial charge in [0.2, 0.25) is 0 Å². The van der Waals surface area contributed by atoms with E-state index in [1.165, 1.54) is 24.7 Å². The lowest BCUT2D eigenvalue weighted by molar-refractivity contribution is 0.449. The highest BCUT2D eigenvalue weighted by molar-refractivity contribution is 5.94. The Kier molecular flexibility index (Phi) is 5.94. The predicted octanol–water partition coefficient (Wildman–Crippen LogP) is 3.47. The van der Waals surface area contributed by atoms with E-state index in [0.717, 1.165) is 31.6 Å². The highest BCUT2D eigenvalue weighted by Crippen LogP contribution is 2.32. The Morgan fingerprint density at radius 3 is 2.81 bits per heavy atom. The van der Waals surface area contributed by atoms with Gasteiger partial charge in [0.25, 0.3) is 0 Å². The number of benzene rings is 2. The van der Waals surface area contributed by atoms with Crippen molar-refractivity contribution in [3.05, 3.63) is 47.8 Å².